The Morgan fingerprint density at radius 3 is 2.93 bits per heavy atom. The molecule has 0 aliphatic heterocycles. The van der Waals surface area contributed by atoms with Crippen molar-refractivity contribution in [1.29, 1.82) is 0 Å². The van der Waals surface area contributed by atoms with E-state index in [2.05, 4.69) is 5.32 Å². The number of furan rings is 1. The van der Waals surface area contributed by atoms with Gasteiger partial charge in [0.25, 0.3) is 0 Å². The Hall–Kier alpha value is -1.55. The van der Waals surface area contributed by atoms with E-state index in [1.807, 2.05) is 19.9 Å². The van der Waals surface area contributed by atoms with Crippen LogP contribution in [0.1, 0.15) is 30.0 Å². The van der Waals surface area contributed by atoms with Crippen LogP contribution in [0.5, 0.6) is 0 Å². The molecule has 82 valence electrons. The topological polar surface area (TPSA) is 62.5 Å². The highest BCUT2D eigenvalue weighted by molar-refractivity contribution is 5.88. The highest BCUT2D eigenvalue weighted by Gasteiger charge is 2.11. The van der Waals surface area contributed by atoms with E-state index >= 15 is 0 Å². The van der Waals surface area contributed by atoms with Gasteiger partial charge in [0, 0.05) is 6.54 Å². The summed E-state index contributed by atoms with van der Waals surface area (Å²) in [4.78, 5) is 10.7. The molecule has 0 saturated heterocycles. The first-order valence-electron chi connectivity index (χ1n) is 4.75. The summed E-state index contributed by atoms with van der Waals surface area (Å²) in [7, 11) is 0. The molecule has 0 aliphatic rings. The van der Waals surface area contributed by atoms with Crippen molar-refractivity contribution in [3.8, 4) is 0 Å². The molecule has 0 amide bonds. The van der Waals surface area contributed by atoms with Gasteiger partial charge in [0.15, 0.2) is 0 Å². The smallest absolute Gasteiger partial charge is 0.339 e. The van der Waals surface area contributed by atoms with Gasteiger partial charge in [-0.05, 0) is 19.9 Å². The first-order valence-corrected chi connectivity index (χ1v) is 4.75. The van der Waals surface area contributed by atoms with Crippen LogP contribution in [0.15, 0.2) is 28.4 Å². The van der Waals surface area contributed by atoms with E-state index in [1.165, 1.54) is 17.9 Å². The van der Waals surface area contributed by atoms with Gasteiger partial charge in [0.05, 0.1) is 12.8 Å². The van der Waals surface area contributed by atoms with Crippen LogP contribution < -0.4 is 5.32 Å². The summed E-state index contributed by atoms with van der Waals surface area (Å²) in [6.45, 7) is 5.16. The minimum absolute atomic E-state index is 0.222. The number of hydrogen-bond donors (Lipinski definition) is 2. The van der Waals surface area contributed by atoms with Crippen molar-refractivity contribution in [3.05, 3.63) is 35.3 Å². The van der Waals surface area contributed by atoms with E-state index in [9.17, 15) is 4.79 Å². The van der Waals surface area contributed by atoms with Crippen LogP contribution in [0, 0.1) is 0 Å². The molecular formula is C11H15NO3. The van der Waals surface area contributed by atoms with Crippen LogP contribution >= 0.6 is 0 Å². The van der Waals surface area contributed by atoms with Gasteiger partial charge in [0.1, 0.15) is 11.3 Å². The zero-order chi connectivity index (χ0) is 11.3. The number of rotatable bonds is 5. The quantitative estimate of drug-likeness (QED) is 0.575. The summed E-state index contributed by atoms with van der Waals surface area (Å²) < 4.78 is 5.07. The molecule has 0 bridgehead atoms. The zero-order valence-corrected chi connectivity index (χ0v) is 8.91. The Bertz CT molecular complexity index is 362. The van der Waals surface area contributed by atoms with Crippen LogP contribution in [0.2, 0.25) is 0 Å². The summed E-state index contributed by atoms with van der Waals surface area (Å²) in [6, 6.07) is 1.46. The van der Waals surface area contributed by atoms with Crippen molar-refractivity contribution >= 4 is 5.97 Å². The molecule has 1 heterocycles. The molecule has 1 aromatic heterocycles. The van der Waals surface area contributed by atoms with Gasteiger partial charge in [0.2, 0.25) is 0 Å². The molecule has 2 N–H and O–H groups in total. The second-order valence-electron chi connectivity index (χ2n) is 3.47. The van der Waals surface area contributed by atoms with E-state index in [-0.39, 0.29) is 5.56 Å². The highest BCUT2D eigenvalue weighted by Crippen LogP contribution is 2.09. The molecular weight excluding hydrogens is 194 g/mol. The minimum atomic E-state index is -0.956. The normalized spacial score (nSPS) is 10.0. The zero-order valence-electron chi connectivity index (χ0n) is 8.91. The standard InChI is InChI=1S/C11H15NO3/c1-8(2)3-5-12-7-10-9(11(13)14)4-6-15-10/h3-4,6,12H,5,7H2,1-2H3,(H,13,14). The summed E-state index contributed by atoms with van der Waals surface area (Å²) in [5.41, 5.74) is 1.44. The molecule has 0 radical (unpaired) electrons. The second kappa shape index (κ2) is 5.36. The molecule has 0 saturated carbocycles. The van der Waals surface area contributed by atoms with Crippen molar-refractivity contribution in [2.75, 3.05) is 6.54 Å². The Balaban J connectivity index is 2.47. The van der Waals surface area contributed by atoms with Gasteiger partial charge in [-0.15, -0.1) is 0 Å². The number of carboxylic acid groups (broad SMARTS) is 1. The van der Waals surface area contributed by atoms with Crippen LogP contribution in [0.25, 0.3) is 0 Å². The Kier molecular flexibility index (Phi) is 4.12. The lowest BCUT2D eigenvalue weighted by atomic mass is 10.2. The molecule has 4 nitrogen and oxygen atoms in total. The van der Waals surface area contributed by atoms with Crippen LogP contribution in [-0.2, 0) is 6.54 Å². The molecule has 1 rings (SSSR count). The summed E-state index contributed by atoms with van der Waals surface area (Å²) >= 11 is 0. The van der Waals surface area contributed by atoms with Crippen molar-refractivity contribution in [1.82, 2.24) is 5.32 Å². The van der Waals surface area contributed by atoms with Gasteiger partial charge >= 0.3 is 5.97 Å². The number of carboxylic acids is 1. The van der Waals surface area contributed by atoms with Crippen molar-refractivity contribution in [3.63, 3.8) is 0 Å². The predicted molar refractivity (Wildman–Crippen MR) is 56.8 cm³/mol. The maximum Gasteiger partial charge on any atom is 0.339 e. The molecule has 0 unspecified atom stereocenters. The van der Waals surface area contributed by atoms with E-state index in [1.54, 1.807) is 0 Å². The SMILES string of the molecule is CC(C)=CCNCc1occc1C(=O)O. The highest BCUT2D eigenvalue weighted by atomic mass is 16.4. The first kappa shape index (κ1) is 11.5. The number of carbonyl (C=O) groups is 1. The van der Waals surface area contributed by atoms with E-state index in [0.29, 0.717) is 18.8 Å². The molecule has 4 heteroatoms. The summed E-state index contributed by atoms with van der Waals surface area (Å²) in [6.07, 6.45) is 3.42. The molecule has 0 atom stereocenters. The van der Waals surface area contributed by atoms with Gasteiger partial charge in [-0.2, -0.15) is 0 Å². The van der Waals surface area contributed by atoms with E-state index < -0.39 is 5.97 Å². The maximum absolute atomic E-state index is 10.7. The molecule has 0 aromatic carbocycles. The molecule has 0 spiro atoms. The molecule has 0 aliphatic carbocycles. The predicted octanol–water partition coefficient (Wildman–Crippen LogP) is 2.03. The third kappa shape index (κ3) is 3.59. The average Bonchev–Trinajstić information content (AvgIpc) is 2.60. The van der Waals surface area contributed by atoms with E-state index in [0.717, 1.165) is 0 Å². The number of allylic oxidation sites excluding steroid dienone is 1. The van der Waals surface area contributed by atoms with Gasteiger partial charge in [-0.25, -0.2) is 4.79 Å². The van der Waals surface area contributed by atoms with Gasteiger partial charge in [-0.1, -0.05) is 11.6 Å². The minimum Gasteiger partial charge on any atom is -0.478 e. The fraction of sp³-hybridized carbons (Fsp3) is 0.364. The number of aromatic carboxylic acids is 1. The number of nitrogens with one attached hydrogen (secondary N) is 1. The fourth-order valence-electron chi connectivity index (χ4n) is 1.13. The van der Waals surface area contributed by atoms with Crippen LogP contribution in [0.4, 0.5) is 0 Å². The van der Waals surface area contributed by atoms with Gasteiger partial charge in [-0.3, -0.25) is 0 Å². The van der Waals surface area contributed by atoms with Gasteiger partial charge < -0.3 is 14.8 Å². The lowest BCUT2D eigenvalue weighted by molar-refractivity contribution is 0.0694. The van der Waals surface area contributed by atoms with Crippen LogP contribution in [-0.4, -0.2) is 17.6 Å². The lowest BCUT2D eigenvalue weighted by Crippen LogP contribution is -2.14. The molecule has 0 fully saturated rings. The monoisotopic (exact) mass is 209 g/mol. The van der Waals surface area contributed by atoms with E-state index in [4.69, 9.17) is 9.52 Å². The van der Waals surface area contributed by atoms with Crippen molar-refractivity contribution in [2.45, 2.75) is 20.4 Å². The fourth-order valence-corrected chi connectivity index (χ4v) is 1.13. The maximum atomic E-state index is 10.7. The van der Waals surface area contributed by atoms with Crippen molar-refractivity contribution in [2.24, 2.45) is 0 Å². The Labute approximate surface area is 88.6 Å². The van der Waals surface area contributed by atoms with Crippen molar-refractivity contribution < 1.29 is 14.3 Å². The first-order chi connectivity index (χ1) is 7.11. The summed E-state index contributed by atoms with van der Waals surface area (Å²) in [5.74, 6) is -0.493. The Morgan fingerprint density at radius 1 is 1.60 bits per heavy atom. The molecule has 15 heavy (non-hydrogen) atoms. The summed E-state index contributed by atoms with van der Waals surface area (Å²) in [5, 5.41) is 11.9. The Morgan fingerprint density at radius 2 is 2.33 bits per heavy atom. The second-order valence-corrected chi connectivity index (χ2v) is 3.47. The van der Waals surface area contributed by atoms with Crippen LogP contribution in [0.3, 0.4) is 0 Å². The average molecular weight is 209 g/mol. The lowest BCUT2D eigenvalue weighted by Gasteiger charge is -2.00. The third-order valence-corrected chi connectivity index (χ3v) is 1.92. The number of hydrogen-bond acceptors (Lipinski definition) is 3. The third-order valence-electron chi connectivity index (χ3n) is 1.92. The molecule has 1 aromatic rings. The largest absolute Gasteiger partial charge is 0.478 e.